The second-order valence-corrected chi connectivity index (χ2v) is 6.37. The van der Waals surface area contributed by atoms with E-state index >= 15 is 0 Å². The molecule has 132 valence electrons. The van der Waals surface area contributed by atoms with Gasteiger partial charge in [0.2, 0.25) is 11.0 Å². The van der Waals surface area contributed by atoms with Crippen LogP contribution in [-0.4, -0.2) is 30.8 Å². The molecule has 0 aliphatic carbocycles. The molecule has 26 heavy (non-hydrogen) atoms. The predicted octanol–water partition coefficient (Wildman–Crippen LogP) is 1.62. The Balaban J connectivity index is 1.80. The van der Waals surface area contributed by atoms with Crippen LogP contribution in [0.1, 0.15) is 5.01 Å². The zero-order valence-corrected chi connectivity index (χ0v) is 14.3. The zero-order valence-electron chi connectivity index (χ0n) is 13.4. The van der Waals surface area contributed by atoms with Crippen LogP contribution in [0.2, 0.25) is 0 Å². The second kappa shape index (κ2) is 7.19. The van der Waals surface area contributed by atoms with Crippen molar-refractivity contribution >= 4 is 28.1 Å². The molecule has 2 aromatic heterocycles. The number of carbonyl (C=O) groups is 1. The number of amides is 1. The van der Waals surface area contributed by atoms with Crippen LogP contribution in [-0.2, 0) is 11.3 Å². The fraction of sp³-hybridized carbons (Fsp3) is 0.133. The van der Waals surface area contributed by atoms with E-state index < -0.39 is 16.4 Å². The third kappa shape index (κ3) is 3.95. The molecule has 0 fully saturated rings. The summed E-state index contributed by atoms with van der Waals surface area (Å²) in [7, 11) is 0. The molecule has 3 rings (SSSR count). The number of hydrogen-bond acceptors (Lipinski definition) is 8. The van der Waals surface area contributed by atoms with Gasteiger partial charge in [-0.25, -0.2) is 4.68 Å². The lowest BCUT2D eigenvalue weighted by molar-refractivity contribution is -0.384. The number of anilines is 1. The average molecular weight is 372 g/mol. The molecule has 1 amide bonds. The Labute approximate surface area is 150 Å². The number of hydrogen-bond donors (Lipinski definition) is 1. The SMILES string of the molecule is Cc1nnc(NC(=O)Cn2nc(-c3ccc([N+](=O)[O-])cc3)ccc2=O)s1. The number of non-ortho nitro benzene ring substituents is 1. The Bertz CT molecular complexity index is 1030. The summed E-state index contributed by atoms with van der Waals surface area (Å²) >= 11 is 1.22. The van der Waals surface area contributed by atoms with E-state index in [-0.39, 0.29) is 12.2 Å². The third-order valence-corrected chi connectivity index (χ3v) is 4.06. The molecule has 1 N–H and O–H groups in total. The molecule has 10 nitrogen and oxygen atoms in total. The molecule has 0 atom stereocenters. The number of nitrogens with zero attached hydrogens (tertiary/aromatic N) is 5. The maximum absolute atomic E-state index is 12.1. The number of aromatic nitrogens is 4. The summed E-state index contributed by atoms with van der Waals surface area (Å²) in [5.41, 5.74) is 0.511. The van der Waals surface area contributed by atoms with E-state index in [4.69, 9.17) is 0 Å². The van der Waals surface area contributed by atoms with E-state index in [2.05, 4.69) is 20.6 Å². The molecule has 0 aliphatic heterocycles. The van der Waals surface area contributed by atoms with Gasteiger partial charge in [0.05, 0.1) is 10.6 Å². The van der Waals surface area contributed by atoms with Crippen molar-refractivity contribution < 1.29 is 9.72 Å². The van der Waals surface area contributed by atoms with Crippen molar-refractivity contribution in [2.24, 2.45) is 0 Å². The summed E-state index contributed by atoms with van der Waals surface area (Å²) in [4.78, 5) is 34.2. The Morgan fingerprint density at radius 3 is 2.58 bits per heavy atom. The minimum absolute atomic E-state index is 0.0474. The molecule has 0 bridgehead atoms. The number of benzene rings is 1. The molecule has 1 aromatic carbocycles. The molecule has 0 aliphatic rings. The van der Waals surface area contributed by atoms with Crippen molar-refractivity contribution in [3.05, 3.63) is 61.9 Å². The largest absolute Gasteiger partial charge is 0.299 e. The van der Waals surface area contributed by atoms with Crippen LogP contribution in [0, 0.1) is 17.0 Å². The lowest BCUT2D eigenvalue weighted by atomic mass is 10.1. The Morgan fingerprint density at radius 1 is 1.23 bits per heavy atom. The van der Waals surface area contributed by atoms with E-state index in [1.165, 1.54) is 47.7 Å². The monoisotopic (exact) mass is 372 g/mol. The molecule has 3 aromatic rings. The summed E-state index contributed by atoms with van der Waals surface area (Å²) in [6, 6.07) is 8.52. The van der Waals surface area contributed by atoms with Gasteiger partial charge in [-0.15, -0.1) is 10.2 Å². The van der Waals surface area contributed by atoms with Crippen LogP contribution in [0.25, 0.3) is 11.3 Å². The molecular weight excluding hydrogens is 360 g/mol. The molecule has 0 unspecified atom stereocenters. The number of nitrogens with one attached hydrogen (secondary N) is 1. The Morgan fingerprint density at radius 2 is 1.96 bits per heavy atom. The number of rotatable bonds is 5. The third-order valence-electron chi connectivity index (χ3n) is 3.31. The van der Waals surface area contributed by atoms with Gasteiger partial charge in [-0.3, -0.25) is 25.0 Å². The first-order valence-electron chi connectivity index (χ1n) is 7.35. The summed E-state index contributed by atoms with van der Waals surface area (Å²) in [6.07, 6.45) is 0. The van der Waals surface area contributed by atoms with Gasteiger partial charge in [-0.05, 0) is 25.1 Å². The number of nitro groups is 1. The molecule has 11 heteroatoms. The molecule has 2 heterocycles. The Hall–Kier alpha value is -3.47. The molecule has 0 radical (unpaired) electrons. The van der Waals surface area contributed by atoms with Crippen LogP contribution < -0.4 is 10.9 Å². The highest BCUT2D eigenvalue weighted by atomic mass is 32.1. The van der Waals surface area contributed by atoms with Crippen molar-refractivity contribution in [2.75, 3.05) is 5.32 Å². The van der Waals surface area contributed by atoms with E-state index in [1.807, 2.05) is 0 Å². The smallest absolute Gasteiger partial charge is 0.269 e. The standard InChI is InChI=1S/C15H12N6O4S/c1-9-17-18-15(26-9)16-13(22)8-20-14(23)7-6-12(19-20)10-2-4-11(5-3-10)21(24)25/h2-7H,8H2,1H3,(H,16,18,22). The van der Waals surface area contributed by atoms with E-state index in [1.54, 1.807) is 6.92 Å². The van der Waals surface area contributed by atoms with E-state index in [0.717, 1.165) is 4.68 Å². The van der Waals surface area contributed by atoms with Gasteiger partial charge in [0, 0.05) is 23.8 Å². The molecular formula is C15H12N6O4S. The highest BCUT2D eigenvalue weighted by Crippen LogP contribution is 2.19. The van der Waals surface area contributed by atoms with E-state index in [0.29, 0.717) is 21.4 Å². The Kier molecular flexibility index (Phi) is 4.80. The van der Waals surface area contributed by atoms with Crippen molar-refractivity contribution in [1.82, 2.24) is 20.0 Å². The minimum atomic E-state index is -0.502. The number of carbonyl (C=O) groups excluding carboxylic acids is 1. The van der Waals surface area contributed by atoms with Gasteiger partial charge in [-0.1, -0.05) is 11.3 Å². The van der Waals surface area contributed by atoms with Crippen molar-refractivity contribution in [1.29, 1.82) is 0 Å². The second-order valence-electron chi connectivity index (χ2n) is 5.19. The maximum Gasteiger partial charge on any atom is 0.269 e. The van der Waals surface area contributed by atoms with Crippen LogP contribution in [0.4, 0.5) is 10.8 Å². The zero-order chi connectivity index (χ0) is 18.7. The lowest BCUT2D eigenvalue weighted by Crippen LogP contribution is -2.29. The van der Waals surface area contributed by atoms with Crippen LogP contribution in [0.5, 0.6) is 0 Å². The summed E-state index contributed by atoms with van der Waals surface area (Å²) < 4.78 is 1.01. The van der Waals surface area contributed by atoms with Gasteiger partial charge in [-0.2, -0.15) is 5.10 Å². The maximum atomic E-state index is 12.1. The summed E-state index contributed by atoms with van der Waals surface area (Å²) in [6.45, 7) is 1.46. The average Bonchev–Trinajstić information content (AvgIpc) is 3.01. The van der Waals surface area contributed by atoms with Gasteiger partial charge >= 0.3 is 0 Å². The first kappa shape index (κ1) is 17.4. The summed E-state index contributed by atoms with van der Waals surface area (Å²) in [5.74, 6) is -0.461. The number of nitro benzene ring substituents is 1. The molecule has 0 saturated carbocycles. The van der Waals surface area contributed by atoms with Gasteiger partial charge in [0.25, 0.3) is 11.2 Å². The van der Waals surface area contributed by atoms with Crippen LogP contribution >= 0.6 is 11.3 Å². The first-order valence-corrected chi connectivity index (χ1v) is 8.17. The first-order chi connectivity index (χ1) is 12.4. The van der Waals surface area contributed by atoms with Crippen LogP contribution in [0.15, 0.2) is 41.2 Å². The van der Waals surface area contributed by atoms with Gasteiger partial charge < -0.3 is 0 Å². The van der Waals surface area contributed by atoms with Gasteiger partial charge in [0.15, 0.2) is 0 Å². The predicted molar refractivity (Wildman–Crippen MR) is 93.9 cm³/mol. The van der Waals surface area contributed by atoms with Crippen molar-refractivity contribution in [3.63, 3.8) is 0 Å². The lowest BCUT2D eigenvalue weighted by Gasteiger charge is -2.07. The van der Waals surface area contributed by atoms with Gasteiger partial charge in [0.1, 0.15) is 11.6 Å². The molecule has 0 spiro atoms. The van der Waals surface area contributed by atoms with Crippen LogP contribution in [0.3, 0.4) is 0 Å². The number of aryl methyl sites for hydroxylation is 1. The van der Waals surface area contributed by atoms with Crippen molar-refractivity contribution in [2.45, 2.75) is 13.5 Å². The fourth-order valence-corrected chi connectivity index (χ4v) is 2.72. The fourth-order valence-electron chi connectivity index (χ4n) is 2.11. The quantitative estimate of drug-likeness (QED) is 0.531. The normalized spacial score (nSPS) is 10.5. The molecule has 0 saturated heterocycles. The minimum Gasteiger partial charge on any atom is -0.299 e. The highest BCUT2D eigenvalue weighted by Gasteiger charge is 2.11. The summed E-state index contributed by atoms with van der Waals surface area (Å²) in [5, 5.41) is 26.0. The van der Waals surface area contributed by atoms with Crippen molar-refractivity contribution in [3.8, 4) is 11.3 Å². The topological polar surface area (TPSA) is 133 Å². The van der Waals surface area contributed by atoms with E-state index in [9.17, 15) is 19.7 Å². The highest BCUT2D eigenvalue weighted by molar-refractivity contribution is 7.15.